The number of anilines is 1. The SMILES string of the molecule is CN(C)c1ccc(C(=O)NCc2nnc3c(=O)[nH]ccn23)cc1. The lowest BCUT2D eigenvalue weighted by Crippen LogP contribution is -2.24. The van der Waals surface area contributed by atoms with Gasteiger partial charge in [0.25, 0.3) is 11.5 Å². The van der Waals surface area contributed by atoms with Crippen molar-refractivity contribution in [3.8, 4) is 0 Å². The Morgan fingerprint density at radius 3 is 2.70 bits per heavy atom. The first-order valence-electron chi connectivity index (χ1n) is 7.03. The van der Waals surface area contributed by atoms with Crippen molar-refractivity contribution >= 4 is 17.2 Å². The van der Waals surface area contributed by atoms with Crippen LogP contribution in [0.5, 0.6) is 0 Å². The number of hydrogen-bond donors (Lipinski definition) is 2. The number of rotatable bonds is 4. The van der Waals surface area contributed by atoms with E-state index in [0.717, 1.165) is 5.69 Å². The summed E-state index contributed by atoms with van der Waals surface area (Å²) in [4.78, 5) is 28.2. The van der Waals surface area contributed by atoms with E-state index in [-0.39, 0.29) is 23.7 Å². The van der Waals surface area contributed by atoms with Gasteiger partial charge in [-0.2, -0.15) is 0 Å². The number of aromatic nitrogens is 4. The van der Waals surface area contributed by atoms with Crippen LogP contribution in [-0.2, 0) is 6.54 Å². The molecule has 0 atom stereocenters. The predicted octanol–water partition coefficient (Wildman–Crippen LogP) is 0.414. The van der Waals surface area contributed by atoms with Crippen molar-refractivity contribution in [2.45, 2.75) is 6.54 Å². The van der Waals surface area contributed by atoms with Crippen LogP contribution in [0.1, 0.15) is 16.2 Å². The molecule has 0 saturated heterocycles. The minimum Gasteiger partial charge on any atom is -0.378 e. The molecule has 1 aromatic carbocycles. The Kier molecular flexibility index (Phi) is 3.80. The number of amides is 1. The number of nitrogens with zero attached hydrogens (tertiary/aromatic N) is 4. The average Bonchev–Trinajstić information content (AvgIpc) is 2.97. The van der Waals surface area contributed by atoms with Gasteiger partial charge in [0, 0.05) is 37.7 Å². The third-order valence-electron chi connectivity index (χ3n) is 3.46. The van der Waals surface area contributed by atoms with Crippen molar-refractivity contribution < 1.29 is 4.79 Å². The van der Waals surface area contributed by atoms with Gasteiger partial charge in [-0.25, -0.2) is 0 Å². The van der Waals surface area contributed by atoms with Gasteiger partial charge in [-0.3, -0.25) is 14.0 Å². The van der Waals surface area contributed by atoms with E-state index in [1.165, 1.54) is 6.20 Å². The summed E-state index contributed by atoms with van der Waals surface area (Å²) < 4.78 is 1.55. The molecule has 0 radical (unpaired) electrons. The molecule has 0 saturated carbocycles. The molecule has 3 aromatic rings. The zero-order valence-electron chi connectivity index (χ0n) is 12.8. The predicted molar refractivity (Wildman–Crippen MR) is 85.5 cm³/mol. The fourth-order valence-corrected chi connectivity index (χ4v) is 2.18. The summed E-state index contributed by atoms with van der Waals surface area (Å²) >= 11 is 0. The number of carbonyl (C=O) groups is 1. The van der Waals surface area contributed by atoms with Gasteiger partial charge < -0.3 is 15.2 Å². The molecule has 3 rings (SSSR count). The Balaban J connectivity index is 1.73. The minimum atomic E-state index is -0.322. The minimum absolute atomic E-state index is 0.179. The van der Waals surface area contributed by atoms with Gasteiger partial charge in [0.1, 0.15) is 0 Å². The van der Waals surface area contributed by atoms with Gasteiger partial charge in [-0.05, 0) is 24.3 Å². The van der Waals surface area contributed by atoms with Crippen molar-refractivity contribution in [1.29, 1.82) is 0 Å². The van der Waals surface area contributed by atoms with Crippen LogP contribution in [0.25, 0.3) is 5.65 Å². The molecule has 0 aliphatic rings. The van der Waals surface area contributed by atoms with Crippen LogP contribution in [0.15, 0.2) is 41.5 Å². The fourth-order valence-electron chi connectivity index (χ4n) is 2.18. The first-order chi connectivity index (χ1) is 11.1. The molecule has 8 heteroatoms. The largest absolute Gasteiger partial charge is 0.378 e. The number of H-pyrrole nitrogens is 1. The quantitative estimate of drug-likeness (QED) is 0.728. The van der Waals surface area contributed by atoms with Gasteiger partial charge in [-0.1, -0.05) is 0 Å². The highest BCUT2D eigenvalue weighted by atomic mass is 16.1. The highest BCUT2D eigenvalue weighted by molar-refractivity contribution is 5.94. The Bertz CT molecular complexity index is 894. The van der Waals surface area contributed by atoms with Gasteiger partial charge in [0.15, 0.2) is 5.82 Å². The summed E-state index contributed by atoms with van der Waals surface area (Å²) in [5, 5.41) is 10.5. The van der Waals surface area contributed by atoms with Gasteiger partial charge >= 0.3 is 0 Å². The number of carbonyl (C=O) groups excluding carboxylic acids is 1. The Hall–Kier alpha value is -3.16. The van der Waals surface area contributed by atoms with Crippen molar-refractivity contribution in [3.05, 3.63) is 58.4 Å². The van der Waals surface area contributed by atoms with Crippen LogP contribution >= 0.6 is 0 Å². The standard InChI is InChI=1S/C15H16N6O2/c1-20(2)11-5-3-10(4-6-11)14(22)17-9-12-18-19-13-15(23)16-7-8-21(12)13/h3-8H,9H2,1-2H3,(H,16,23)(H,17,22). The van der Waals surface area contributed by atoms with Crippen LogP contribution in [0.4, 0.5) is 5.69 Å². The van der Waals surface area contributed by atoms with Crippen LogP contribution in [-0.4, -0.2) is 39.6 Å². The van der Waals surface area contributed by atoms with Gasteiger partial charge in [-0.15, -0.1) is 10.2 Å². The van der Waals surface area contributed by atoms with E-state index in [2.05, 4.69) is 20.5 Å². The second-order valence-electron chi connectivity index (χ2n) is 5.22. The molecule has 2 heterocycles. The third-order valence-corrected chi connectivity index (χ3v) is 3.46. The monoisotopic (exact) mass is 312 g/mol. The van der Waals surface area contributed by atoms with Gasteiger partial charge in [0.05, 0.1) is 6.54 Å². The molecule has 1 amide bonds. The second kappa shape index (κ2) is 5.91. The fraction of sp³-hybridized carbons (Fsp3) is 0.200. The first kappa shape index (κ1) is 14.8. The molecule has 0 bridgehead atoms. The van der Waals surface area contributed by atoms with Crippen molar-refractivity contribution in [2.75, 3.05) is 19.0 Å². The van der Waals surface area contributed by atoms with E-state index in [1.807, 2.05) is 31.1 Å². The van der Waals surface area contributed by atoms with E-state index >= 15 is 0 Å². The molecule has 2 aromatic heterocycles. The van der Waals surface area contributed by atoms with Crippen molar-refractivity contribution in [1.82, 2.24) is 24.9 Å². The Labute approximate surface area is 131 Å². The van der Waals surface area contributed by atoms with Crippen LogP contribution < -0.4 is 15.8 Å². The summed E-state index contributed by atoms with van der Waals surface area (Å²) in [5.41, 5.74) is 1.45. The lowest BCUT2D eigenvalue weighted by atomic mass is 10.2. The lowest BCUT2D eigenvalue weighted by molar-refractivity contribution is 0.0950. The molecule has 118 valence electrons. The maximum absolute atomic E-state index is 12.2. The Morgan fingerprint density at radius 2 is 2.00 bits per heavy atom. The maximum Gasteiger partial charge on any atom is 0.293 e. The molecule has 0 aliphatic heterocycles. The van der Waals surface area contributed by atoms with Crippen molar-refractivity contribution in [2.24, 2.45) is 0 Å². The third kappa shape index (κ3) is 2.91. The molecule has 0 unspecified atom stereocenters. The first-order valence-corrected chi connectivity index (χ1v) is 7.03. The topological polar surface area (TPSA) is 95.4 Å². The molecule has 8 nitrogen and oxygen atoms in total. The van der Waals surface area contributed by atoms with E-state index in [1.54, 1.807) is 22.7 Å². The normalized spacial score (nSPS) is 10.7. The molecular formula is C15H16N6O2. The van der Waals surface area contributed by atoms with Crippen LogP contribution in [0.2, 0.25) is 0 Å². The number of fused-ring (bicyclic) bond motifs is 1. The number of benzene rings is 1. The van der Waals surface area contributed by atoms with Gasteiger partial charge in [0.2, 0.25) is 5.65 Å². The maximum atomic E-state index is 12.2. The highest BCUT2D eigenvalue weighted by Gasteiger charge is 2.10. The van der Waals surface area contributed by atoms with E-state index < -0.39 is 0 Å². The molecule has 0 fully saturated rings. The number of hydrogen-bond acceptors (Lipinski definition) is 5. The molecule has 0 spiro atoms. The molecule has 0 aliphatic carbocycles. The zero-order chi connectivity index (χ0) is 16.4. The average molecular weight is 312 g/mol. The number of nitrogens with one attached hydrogen (secondary N) is 2. The van der Waals surface area contributed by atoms with Crippen LogP contribution in [0, 0.1) is 0 Å². The molecule has 2 N–H and O–H groups in total. The summed E-state index contributed by atoms with van der Waals surface area (Å²) in [7, 11) is 3.88. The highest BCUT2D eigenvalue weighted by Crippen LogP contribution is 2.12. The van der Waals surface area contributed by atoms with Crippen molar-refractivity contribution in [3.63, 3.8) is 0 Å². The summed E-state index contributed by atoms with van der Waals surface area (Å²) in [6.45, 7) is 0.179. The van der Waals surface area contributed by atoms with Crippen LogP contribution in [0.3, 0.4) is 0 Å². The lowest BCUT2D eigenvalue weighted by Gasteiger charge is -2.12. The van der Waals surface area contributed by atoms with E-state index in [9.17, 15) is 9.59 Å². The zero-order valence-corrected chi connectivity index (χ0v) is 12.8. The molecule has 23 heavy (non-hydrogen) atoms. The summed E-state index contributed by atoms with van der Waals surface area (Å²) in [6.07, 6.45) is 3.15. The smallest absolute Gasteiger partial charge is 0.293 e. The van der Waals surface area contributed by atoms with E-state index in [0.29, 0.717) is 11.4 Å². The molecular weight excluding hydrogens is 296 g/mol. The number of aromatic amines is 1. The summed E-state index contributed by atoms with van der Waals surface area (Å²) in [6, 6.07) is 7.27. The van der Waals surface area contributed by atoms with E-state index in [4.69, 9.17) is 0 Å². The second-order valence-corrected chi connectivity index (χ2v) is 5.22. The summed E-state index contributed by atoms with van der Waals surface area (Å²) in [5.74, 6) is 0.279. The Morgan fingerprint density at radius 1 is 1.26 bits per heavy atom.